The van der Waals surface area contributed by atoms with Crippen molar-refractivity contribution in [1.29, 1.82) is 0 Å². The molecule has 3 aliphatic rings. The van der Waals surface area contributed by atoms with Crippen molar-refractivity contribution in [2.75, 3.05) is 90.8 Å². The maximum atomic E-state index is 14.5. The average molecular weight is 1450 g/mol. The van der Waals surface area contributed by atoms with Crippen LogP contribution in [0.2, 0.25) is 0 Å². The van der Waals surface area contributed by atoms with Gasteiger partial charge in [0.25, 0.3) is 0 Å². The normalized spacial score (nSPS) is 25.3. The third kappa shape index (κ3) is 18.3. The zero-order valence-electron chi connectivity index (χ0n) is 57.3. The number of hydrogen-bond acceptors (Lipinski definition) is 28. The number of carbonyl (C=O) groups excluding carboxylic acids is 2. The molecular weight excluding hydrogens is 1370 g/mol. The summed E-state index contributed by atoms with van der Waals surface area (Å²) in [5, 5.41) is 59.8. The summed E-state index contributed by atoms with van der Waals surface area (Å²) in [6.45, 7) is 14.2. The molecule has 12 atom stereocenters. The molecular formula is C68H86N12O20P2. The number of carbonyl (C=O) groups is 2. The van der Waals surface area contributed by atoms with Crippen molar-refractivity contribution in [3.63, 3.8) is 0 Å². The molecule has 6 bridgehead atoms. The Balaban J connectivity index is 0.000000220. The second kappa shape index (κ2) is 34.6. The van der Waals surface area contributed by atoms with E-state index in [2.05, 4.69) is 63.9 Å². The Morgan fingerprint density at radius 2 is 1.45 bits per heavy atom. The first-order valence-corrected chi connectivity index (χ1v) is 36.2. The molecule has 8 aromatic rings. The number of imidazole rings is 2. The van der Waals surface area contributed by atoms with Gasteiger partial charge < -0.3 is 78.0 Å². The molecule has 0 radical (unpaired) electrons. The van der Waals surface area contributed by atoms with E-state index in [0.717, 1.165) is 10.8 Å². The Bertz CT molecular complexity index is 4320. The van der Waals surface area contributed by atoms with Gasteiger partial charge in [0.2, 0.25) is 23.7 Å². The summed E-state index contributed by atoms with van der Waals surface area (Å²) in [5.74, 6) is -0.0238. The predicted molar refractivity (Wildman–Crippen MR) is 375 cm³/mol. The van der Waals surface area contributed by atoms with Crippen LogP contribution >= 0.6 is 15.5 Å². The lowest BCUT2D eigenvalue weighted by Gasteiger charge is -2.27. The molecule has 0 saturated carbocycles. The number of benzene rings is 4. The number of aliphatic hydroxyl groups excluding tert-OH is 2. The maximum Gasteiger partial charge on any atom is 0.459 e. The van der Waals surface area contributed by atoms with E-state index in [-0.39, 0.29) is 66.3 Å². The number of ether oxygens (including phenoxy) is 8. The van der Waals surface area contributed by atoms with E-state index in [9.17, 15) is 39.1 Å². The molecule has 6 unspecified atom stereocenters. The van der Waals surface area contributed by atoms with E-state index in [1.54, 1.807) is 68.7 Å². The molecule has 0 aliphatic carbocycles. The van der Waals surface area contributed by atoms with Crippen molar-refractivity contribution in [2.24, 2.45) is 0 Å². The lowest BCUT2D eigenvalue weighted by atomic mass is 9.96. The minimum atomic E-state index is -4.41. The SMILES string of the molecule is C=CCCOc1nc(NC)nc2c1ncn2C1OC(COP(=O)(N[C@@H](C)C(=O)OCCCOCC=C)Oc2cccc3ccccc23)[C@@H](O)[C@@]1(C)O.CNc1nc2c3ncn(c3n1)C1OC(COP(=O)(Oc3cccc4ccccc34)N[C@@H](C)C(=O)OCCCOCC=CCCO2)[C@@H](O)[C@@]1(C)O. The first-order valence-electron chi connectivity index (χ1n) is 33.1. The number of nitrogens with one attached hydrogen (secondary N) is 4. The number of anilines is 2. The van der Waals surface area contributed by atoms with Gasteiger partial charge in [0.1, 0.15) is 59.2 Å². The summed E-state index contributed by atoms with van der Waals surface area (Å²) in [6.07, 6.45) is 3.99. The smallest absolute Gasteiger partial charge is 0.459 e. The number of esters is 2. The van der Waals surface area contributed by atoms with Crippen LogP contribution in [0.15, 0.2) is 135 Å². The second-order valence-corrected chi connectivity index (χ2v) is 27.6. The fourth-order valence-electron chi connectivity index (χ4n) is 11.1. The van der Waals surface area contributed by atoms with Gasteiger partial charge in [-0.15, -0.1) is 13.2 Å². The van der Waals surface area contributed by atoms with Gasteiger partial charge in [-0.25, -0.2) is 19.1 Å². The Kier molecular flexibility index (Phi) is 25.8. The summed E-state index contributed by atoms with van der Waals surface area (Å²) in [4.78, 5) is 52.4. The summed E-state index contributed by atoms with van der Waals surface area (Å²) in [5.41, 5.74) is -2.64. The number of fused-ring (bicyclic) bond motifs is 6. The van der Waals surface area contributed by atoms with Gasteiger partial charge in [-0.2, -0.15) is 30.1 Å². The second-order valence-electron chi connectivity index (χ2n) is 24.2. The van der Waals surface area contributed by atoms with Crippen LogP contribution in [0, 0.1) is 0 Å². The van der Waals surface area contributed by atoms with Crippen molar-refractivity contribution in [2.45, 2.75) is 114 Å². The predicted octanol–water partition coefficient (Wildman–Crippen LogP) is 7.80. The van der Waals surface area contributed by atoms with E-state index in [4.69, 9.17) is 56.0 Å². The van der Waals surface area contributed by atoms with Crippen LogP contribution in [0.1, 0.15) is 65.8 Å². The lowest BCUT2D eigenvalue weighted by Crippen LogP contribution is -2.44. The van der Waals surface area contributed by atoms with Gasteiger partial charge in [0.15, 0.2) is 34.8 Å². The molecule has 8 N–H and O–H groups in total. The van der Waals surface area contributed by atoms with E-state index in [1.165, 1.54) is 49.5 Å². The molecule has 2 fully saturated rings. The van der Waals surface area contributed by atoms with Crippen LogP contribution in [-0.2, 0) is 56.2 Å². The first-order chi connectivity index (χ1) is 49.1. The number of aliphatic hydroxyl groups is 4. The summed E-state index contributed by atoms with van der Waals surface area (Å²) in [6, 6.07) is 22.9. The largest absolute Gasteiger partial charge is 0.476 e. The van der Waals surface area contributed by atoms with E-state index in [0.29, 0.717) is 80.5 Å². The highest BCUT2D eigenvalue weighted by molar-refractivity contribution is 7.52. The molecule has 4 aromatic heterocycles. The summed E-state index contributed by atoms with van der Waals surface area (Å²) >= 11 is 0. The van der Waals surface area contributed by atoms with Crippen molar-refractivity contribution >= 4 is 83.2 Å². The number of aromatic nitrogens is 8. The van der Waals surface area contributed by atoms with Crippen LogP contribution in [0.25, 0.3) is 43.9 Å². The molecule has 3 aliphatic heterocycles. The van der Waals surface area contributed by atoms with Gasteiger partial charge in [-0.05, 0) is 63.4 Å². The third-order valence-electron chi connectivity index (χ3n) is 16.5. The van der Waals surface area contributed by atoms with E-state index in [1.807, 2.05) is 54.6 Å². The van der Waals surface area contributed by atoms with Gasteiger partial charge >= 0.3 is 27.4 Å². The van der Waals surface area contributed by atoms with Gasteiger partial charge in [-0.3, -0.25) is 27.8 Å². The van der Waals surface area contributed by atoms with Gasteiger partial charge in [0.05, 0.1) is 78.7 Å². The number of hydrogen-bond donors (Lipinski definition) is 8. The molecule has 2 saturated heterocycles. The zero-order valence-corrected chi connectivity index (χ0v) is 59.1. The van der Waals surface area contributed by atoms with Crippen LogP contribution in [-0.4, -0.2) is 199 Å². The Labute approximate surface area is 587 Å². The quantitative estimate of drug-likeness (QED) is 0.0131. The molecule has 0 spiro atoms. The van der Waals surface area contributed by atoms with Crippen molar-refractivity contribution in [3.05, 3.63) is 135 Å². The lowest BCUT2D eigenvalue weighted by molar-refractivity contribution is -0.146. The molecule has 548 valence electrons. The molecule has 32 nitrogen and oxygen atoms in total. The summed E-state index contributed by atoms with van der Waals surface area (Å²) in [7, 11) is -5.50. The van der Waals surface area contributed by atoms with E-state index < -0.39 is 101 Å². The molecule has 102 heavy (non-hydrogen) atoms. The van der Waals surface area contributed by atoms with Crippen molar-refractivity contribution in [3.8, 4) is 23.3 Å². The molecule has 11 rings (SSSR count). The number of nitrogens with zero attached hydrogens (tertiary/aromatic N) is 8. The number of rotatable bonds is 23. The van der Waals surface area contributed by atoms with Crippen LogP contribution < -0.4 is 39.3 Å². The first kappa shape index (κ1) is 76.1. The fraction of sp³-hybridized carbons (Fsp3) is 0.441. The van der Waals surface area contributed by atoms with Crippen LogP contribution in [0.5, 0.6) is 23.3 Å². The minimum Gasteiger partial charge on any atom is -0.476 e. The highest BCUT2D eigenvalue weighted by atomic mass is 31.2. The van der Waals surface area contributed by atoms with Crippen LogP contribution in [0.4, 0.5) is 11.9 Å². The Morgan fingerprint density at radius 1 is 0.804 bits per heavy atom. The maximum absolute atomic E-state index is 14.5. The van der Waals surface area contributed by atoms with Crippen molar-refractivity contribution < 1.29 is 95.1 Å². The fourth-order valence-corrected chi connectivity index (χ4v) is 14.1. The molecule has 34 heteroatoms. The minimum absolute atomic E-state index is 0.0714. The monoisotopic (exact) mass is 1450 g/mol. The highest BCUT2D eigenvalue weighted by Gasteiger charge is 2.56. The topological polar surface area (TPSA) is 395 Å². The van der Waals surface area contributed by atoms with Crippen molar-refractivity contribution in [1.82, 2.24) is 49.2 Å². The molecule has 4 aromatic carbocycles. The van der Waals surface area contributed by atoms with E-state index >= 15 is 0 Å². The Morgan fingerprint density at radius 3 is 2.16 bits per heavy atom. The average Bonchev–Trinajstić information content (AvgIpc) is 1.60. The standard InChI is InChI=1S/C35H45N6O10P.C33H41N6O10P/c1-6-8-19-47-31-28-30(38-34(36-5)39-31)41(22-37-28)33-35(4,44)29(42)27(50-33)21-49-52(45,40-23(3)32(43)48-20-12-18-46-17-7-2)51-26-16-11-14-24-13-9-10-15-25(24)26;1-21-30(41)46-18-10-16-44-15-7-4-8-17-45-29-26-28(36-32(34-3)37-29)39(20-35-26)31-33(2,42)27(40)25(48-31)19-47-50(43,38-21)49-24-14-9-12-22-11-5-6-13-23(22)24/h6-7,9-11,13-16,22-23,27,29,33,42,44H,1-2,8,12,17-21H2,3-5H3,(H,40,45)(H,36,38,39);4-7,9,11-14,20-21,25,27,31,40,42H,8,10,15-19H2,1-3H3,(H,38,43)(H,34,36,37)/t23-,27?,29+,33?,35+,52?;21-,25?,27+,31?,33+,50?/m00/s1. The number of cyclic esters (lactones) is 1. The van der Waals surface area contributed by atoms with Crippen LogP contribution in [0.3, 0.4) is 0 Å². The Hall–Kier alpha value is -8.56. The molecule has 0 amide bonds. The highest BCUT2D eigenvalue weighted by Crippen LogP contribution is 2.51. The van der Waals surface area contributed by atoms with Gasteiger partial charge in [0, 0.05) is 37.7 Å². The molecule has 7 heterocycles. The van der Waals surface area contributed by atoms with Gasteiger partial charge in [-0.1, -0.05) is 97.1 Å². The zero-order chi connectivity index (χ0) is 72.6. The summed E-state index contributed by atoms with van der Waals surface area (Å²) < 4.78 is 101. The third-order valence-corrected chi connectivity index (χ3v) is 19.7.